The van der Waals surface area contributed by atoms with Crippen LogP contribution in [0.4, 0.5) is 0 Å². The molecule has 0 amide bonds. The monoisotopic (exact) mass is 241 g/mol. The van der Waals surface area contributed by atoms with E-state index < -0.39 is 0 Å². The van der Waals surface area contributed by atoms with Gasteiger partial charge in [0.2, 0.25) is 0 Å². The van der Waals surface area contributed by atoms with Gasteiger partial charge in [0, 0.05) is 9.86 Å². The Morgan fingerprint density at radius 2 is 2.15 bits per heavy atom. The van der Waals surface area contributed by atoms with Crippen LogP contribution in [0.15, 0.2) is 27.1 Å². The first-order valence-electron chi connectivity index (χ1n) is 3.81. The lowest BCUT2D eigenvalue weighted by Crippen LogP contribution is -1.92. The fraction of sp³-hybridized carbons (Fsp3) is 0.111. The van der Waals surface area contributed by atoms with Crippen LogP contribution < -0.4 is 5.73 Å². The van der Waals surface area contributed by atoms with Crippen molar-refractivity contribution < 1.29 is 9.52 Å². The van der Waals surface area contributed by atoms with Crippen LogP contribution in [0.5, 0.6) is 5.75 Å². The average Bonchev–Trinajstić information content (AvgIpc) is 2.47. The van der Waals surface area contributed by atoms with Crippen LogP contribution in [0.25, 0.3) is 11.0 Å². The molecule has 2 rings (SSSR count). The molecule has 0 fully saturated rings. The van der Waals surface area contributed by atoms with Gasteiger partial charge in [0.25, 0.3) is 0 Å². The summed E-state index contributed by atoms with van der Waals surface area (Å²) in [7, 11) is 0. The van der Waals surface area contributed by atoms with Gasteiger partial charge >= 0.3 is 0 Å². The first-order valence-corrected chi connectivity index (χ1v) is 4.61. The van der Waals surface area contributed by atoms with Crippen LogP contribution in [-0.4, -0.2) is 5.11 Å². The molecule has 13 heavy (non-hydrogen) atoms. The van der Waals surface area contributed by atoms with Gasteiger partial charge < -0.3 is 15.3 Å². The Morgan fingerprint density at radius 3 is 2.85 bits per heavy atom. The molecule has 0 atom stereocenters. The first-order chi connectivity index (χ1) is 6.20. The molecule has 0 saturated heterocycles. The summed E-state index contributed by atoms with van der Waals surface area (Å²) in [5, 5.41) is 10.4. The minimum Gasteiger partial charge on any atom is -0.504 e. The third-order valence-corrected chi connectivity index (χ3v) is 2.27. The molecule has 0 aliphatic carbocycles. The van der Waals surface area contributed by atoms with E-state index in [-0.39, 0.29) is 5.75 Å². The lowest BCUT2D eigenvalue weighted by molar-refractivity contribution is 0.458. The summed E-state index contributed by atoms with van der Waals surface area (Å²) in [5.74, 6) is 0.799. The molecule has 3 nitrogen and oxygen atoms in total. The van der Waals surface area contributed by atoms with Gasteiger partial charge in [-0.2, -0.15) is 0 Å². The van der Waals surface area contributed by atoms with E-state index in [1.807, 2.05) is 12.1 Å². The van der Waals surface area contributed by atoms with Crippen LogP contribution in [0, 0.1) is 0 Å². The largest absolute Gasteiger partial charge is 0.504 e. The summed E-state index contributed by atoms with van der Waals surface area (Å²) in [5.41, 5.74) is 5.90. The Kier molecular flexibility index (Phi) is 2.01. The van der Waals surface area contributed by atoms with Crippen LogP contribution in [0.2, 0.25) is 0 Å². The molecule has 3 N–H and O–H groups in total. The second kappa shape index (κ2) is 3.05. The summed E-state index contributed by atoms with van der Waals surface area (Å²) >= 11 is 3.28. The molecule has 0 unspecified atom stereocenters. The third kappa shape index (κ3) is 1.43. The van der Waals surface area contributed by atoms with Crippen molar-refractivity contribution in [2.75, 3.05) is 0 Å². The number of fused-ring (bicyclic) bond motifs is 1. The highest BCUT2D eigenvalue weighted by Gasteiger charge is 2.07. The molecule has 1 heterocycles. The minimum atomic E-state index is 0.129. The van der Waals surface area contributed by atoms with Gasteiger partial charge in [-0.05, 0) is 18.2 Å². The van der Waals surface area contributed by atoms with Crippen molar-refractivity contribution in [1.29, 1.82) is 0 Å². The molecular formula is C9H8BrNO2. The van der Waals surface area contributed by atoms with Crippen LogP contribution in [-0.2, 0) is 6.54 Å². The van der Waals surface area contributed by atoms with Crippen molar-refractivity contribution in [2.45, 2.75) is 6.54 Å². The van der Waals surface area contributed by atoms with Gasteiger partial charge in [-0.15, -0.1) is 0 Å². The number of halogens is 1. The molecule has 4 heteroatoms. The SMILES string of the molecule is NCc1cc2cc(Br)cc(O)c2o1. The van der Waals surface area contributed by atoms with Gasteiger partial charge in [0.15, 0.2) is 11.3 Å². The van der Waals surface area contributed by atoms with Crippen molar-refractivity contribution in [2.24, 2.45) is 5.73 Å². The van der Waals surface area contributed by atoms with E-state index in [1.54, 1.807) is 6.07 Å². The summed E-state index contributed by atoms with van der Waals surface area (Å²) in [4.78, 5) is 0. The maximum Gasteiger partial charge on any atom is 0.176 e. The lowest BCUT2D eigenvalue weighted by atomic mass is 10.2. The number of phenolic OH excluding ortho intramolecular Hbond substituents is 1. The van der Waals surface area contributed by atoms with Crippen molar-refractivity contribution in [3.8, 4) is 5.75 Å². The molecule has 0 aliphatic rings. The van der Waals surface area contributed by atoms with E-state index in [9.17, 15) is 5.11 Å². The number of nitrogens with two attached hydrogens (primary N) is 1. The molecule has 1 aromatic heterocycles. The van der Waals surface area contributed by atoms with Gasteiger partial charge in [-0.1, -0.05) is 15.9 Å². The summed E-state index contributed by atoms with van der Waals surface area (Å²) in [6.45, 7) is 0.339. The Hall–Kier alpha value is -1.00. The summed E-state index contributed by atoms with van der Waals surface area (Å²) in [6, 6.07) is 5.28. The van der Waals surface area contributed by atoms with Crippen molar-refractivity contribution in [1.82, 2.24) is 0 Å². The van der Waals surface area contributed by atoms with Crippen LogP contribution in [0.1, 0.15) is 5.76 Å². The Balaban J connectivity index is 2.75. The predicted octanol–water partition coefficient (Wildman–Crippen LogP) is 2.36. The Labute approximate surface area is 83.3 Å². The zero-order valence-corrected chi connectivity index (χ0v) is 8.34. The highest BCUT2D eigenvalue weighted by atomic mass is 79.9. The minimum absolute atomic E-state index is 0.129. The molecular weight excluding hydrogens is 234 g/mol. The number of phenols is 1. The topological polar surface area (TPSA) is 59.4 Å². The third-order valence-electron chi connectivity index (χ3n) is 1.81. The molecule has 2 aromatic rings. The maximum atomic E-state index is 9.50. The highest BCUT2D eigenvalue weighted by Crippen LogP contribution is 2.31. The van der Waals surface area contributed by atoms with Crippen molar-refractivity contribution >= 4 is 26.9 Å². The fourth-order valence-electron chi connectivity index (χ4n) is 1.25. The number of aromatic hydroxyl groups is 1. The second-order valence-corrected chi connectivity index (χ2v) is 3.68. The molecule has 0 spiro atoms. The van der Waals surface area contributed by atoms with Crippen molar-refractivity contribution in [3.05, 3.63) is 28.4 Å². The van der Waals surface area contributed by atoms with E-state index in [2.05, 4.69) is 15.9 Å². The molecule has 68 valence electrons. The van der Waals surface area contributed by atoms with Gasteiger partial charge in [0.1, 0.15) is 5.76 Å². The van der Waals surface area contributed by atoms with Gasteiger partial charge in [0.05, 0.1) is 6.54 Å². The number of furan rings is 1. The first kappa shape index (κ1) is 8.59. The zero-order chi connectivity index (χ0) is 9.42. The van der Waals surface area contributed by atoms with Crippen LogP contribution >= 0.6 is 15.9 Å². The molecule has 1 aromatic carbocycles. The number of hydrogen-bond donors (Lipinski definition) is 2. The zero-order valence-electron chi connectivity index (χ0n) is 6.75. The lowest BCUT2D eigenvalue weighted by Gasteiger charge is -1.94. The normalized spacial score (nSPS) is 10.9. The van der Waals surface area contributed by atoms with E-state index in [4.69, 9.17) is 10.2 Å². The van der Waals surface area contributed by atoms with Crippen molar-refractivity contribution in [3.63, 3.8) is 0 Å². The molecule has 0 aliphatic heterocycles. The average molecular weight is 242 g/mol. The standard InChI is InChI=1S/C9H8BrNO2/c10-6-1-5-2-7(4-11)13-9(5)8(12)3-6/h1-3,12H,4,11H2. The highest BCUT2D eigenvalue weighted by molar-refractivity contribution is 9.10. The van der Waals surface area contributed by atoms with E-state index >= 15 is 0 Å². The summed E-state index contributed by atoms with van der Waals surface area (Å²) < 4.78 is 6.13. The Morgan fingerprint density at radius 1 is 1.38 bits per heavy atom. The van der Waals surface area contributed by atoms with E-state index in [0.29, 0.717) is 17.9 Å². The van der Waals surface area contributed by atoms with E-state index in [1.165, 1.54) is 0 Å². The van der Waals surface area contributed by atoms with Crippen LogP contribution in [0.3, 0.4) is 0 Å². The fourth-order valence-corrected chi connectivity index (χ4v) is 1.72. The summed E-state index contributed by atoms with van der Waals surface area (Å²) in [6.07, 6.45) is 0. The number of benzene rings is 1. The molecule has 0 radical (unpaired) electrons. The number of rotatable bonds is 1. The predicted molar refractivity (Wildman–Crippen MR) is 53.5 cm³/mol. The Bertz CT molecular complexity index is 450. The number of hydrogen-bond acceptors (Lipinski definition) is 3. The van der Waals surface area contributed by atoms with Gasteiger partial charge in [-0.25, -0.2) is 0 Å². The van der Waals surface area contributed by atoms with E-state index in [0.717, 1.165) is 9.86 Å². The second-order valence-electron chi connectivity index (χ2n) is 2.76. The molecule has 0 saturated carbocycles. The quantitative estimate of drug-likeness (QED) is 0.806. The van der Waals surface area contributed by atoms with Gasteiger partial charge in [-0.3, -0.25) is 0 Å². The smallest absolute Gasteiger partial charge is 0.176 e. The molecule has 0 bridgehead atoms. The maximum absolute atomic E-state index is 9.50.